The second-order valence-corrected chi connectivity index (χ2v) is 4.69. The predicted molar refractivity (Wildman–Crippen MR) is 76.7 cm³/mol. The molecule has 2 aromatic carbocycles. The number of esters is 1. The molecule has 0 atom stereocenters. The molecule has 0 amide bonds. The van der Waals surface area contributed by atoms with Gasteiger partial charge in [-0.25, -0.2) is 4.79 Å². The molecule has 0 aliphatic carbocycles. The van der Waals surface area contributed by atoms with Crippen LogP contribution in [-0.4, -0.2) is 12.6 Å². The summed E-state index contributed by atoms with van der Waals surface area (Å²) in [6, 6.07) is 14.2. The normalized spacial score (nSPS) is 10.0. The van der Waals surface area contributed by atoms with Crippen LogP contribution in [-0.2, 0) is 0 Å². The molecule has 0 saturated heterocycles. The molecule has 0 heterocycles. The van der Waals surface area contributed by atoms with Gasteiger partial charge >= 0.3 is 5.97 Å². The number of halogens is 1. The van der Waals surface area contributed by atoms with Crippen molar-refractivity contribution in [1.29, 1.82) is 0 Å². The molecule has 0 N–H and O–H groups in total. The minimum absolute atomic E-state index is 0.403. The Morgan fingerprint density at radius 2 is 1.89 bits per heavy atom. The molecule has 2 rings (SSSR count). The van der Waals surface area contributed by atoms with Crippen molar-refractivity contribution in [2.45, 2.75) is 6.92 Å². The topological polar surface area (TPSA) is 35.5 Å². The van der Waals surface area contributed by atoms with E-state index in [-0.39, 0.29) is 0 Å². The van der Waals surface area contributed by atoms with Crippen molar-refractivity contribution in [2.24, 2.45) is 0 Å². The Bertz CT molecular complexity index is 567. The van der Waals surface area contributed by atoms with E-state index in [2.05, 4.69) is 15.9 Å². The Labute approximate surface area is 120 Å². The number of ether oxygens (including phenoxy) is 2. The average Bonchev–Trinajstić information content (AvgIpc) is 2.42. The van der Waals surface area contributed by atoms with Crippen LogP contribution >= 0.6 is 15.9 Å². The lowest BCUT2D eigenvalue weighted by molar-refractivity contribution is 0.0730. The zero-order valence-corrected chi connectivity index (χ0v) is 12.0. The number of benzene rings is 2. The van der Waals surface area contributed by atoms with E-state index in [9.17, 15) is 4.79 Å². The molecule has 4 heteroatoms. The fourth-order valence-electron chi connectivity index (χ4n) is 1.59. The van der Waals surface area contributed by atoms with Crippen molar-refractivity contribution >= 4 is 21.9 Å². The van der Waals surface area contributed by atoms with Gasteiger partial charge in [-0.05, 0) is 37.3 Å². The first-order valence-electron chi connectivity index (χ1n) is 5.90. The zero-order valence-electron chi connectivity index (χ0n) is 10.4. The van der Waals surface area contributed by atoms with Crippen LogP contribution in [0.15, 0.2) is 53.0 Å². The summed E-state index contributed by atoms with van der Waals surface area (Å²) in [5.74, 6) is 0.595. The zero-order chi connectivity index (χ0) is 13.7. The van der Waals surface area contributed by atoms with Gasteiger partial charge in [0.2, 0.25) is 0 Å². The highest BCUT2D eigenvalue weighted by atomic mass is 79.9. The van der Waals surface area contributed by atoms with E-state index in [1.165, 1.54) is 0 Å². The van der Waals surface area contributed by atoms with Gasteiger partial charge in [-0.15, -0.1) is 0 Å². The fourth-order valence-corrected chi connectivity index (χ4v) is 1.95. The van der Waals surface area contributed by atoms with Gasteiger partial charge in [0.25, 0.3) is 0 Å². The van der Waals surface area contributed by atoms with E-state index in [4.69, 9.17) is 9.47 Å². The number of rotatable bonds is 4. The van der Waals surface area contributed by atoms with Crippen LogP contribution in [0.3, 0.4) is 0 Å². The molecular formula is C15H13BrO3. The third-order valence-corrected chi connectivity index (χ3v) is 2.91. The SMILES string of the molecule is CCOc1ccc(Br)cc1C(=O)Oc1ccccc1. The van der Waals surface area contributed by atoms with Gasteiger partial charge in [0.15, 0.2) is 0 Å². The summed E-state index contributed by atoms with van der Waals surface area (Å²) in [6.45, 7) is 2.36. The maximum atomic E-state index is 12.1. The Morgan fingerprint density at radius 3 is 2.58 bits per heavy atom. The Kier molecular flexibility index (Phi) is 4.58. The summed E-state index contributed by atoms with van der Waals surface area (Å²) >= 11 is 3.34. The molecule has 0 radical (unpaired) electrons. The molecule has 0 aromatic heterocycles. The van der Waals surface area contributed by atoms with E-state index >= 15 is 0 Å². The lowest BCUT2D eigenvalue weighted by Gasteiger charge is -2.10. The van der Waals surface area contributed by atoms with E-state index in [1.54, 1.807) is 24.3 Å². The van der Waals surface area contributed by atoms with Crippen LogP contribution in [0, 0.1) is 0 Å². The third kappa shape index (κ3) is 3.58. The van der Waals surface area contributed by atoms with Gasteiger partial charge in [-0.2, -0.15) is 0 Å². The molecule has 2 aromatic rings. The van der Waals surface area contributed by atoms with Gasteiger partial charge in [0, 0.05) is 4.47 Å². The molecule has 0 spiro atoms. The van der Waals surface area contributed by atoms with E-state index < -0.39 is 5.97 Å². The second kappa shape index (κ2) is 6.38. The largest absolute Gasteiger partial charge is 0.493 e. The first-order chi connectivity index (χ1) is 9.20. The second-order valence-electron chi connectivity index (χ2n) is 3.78. The fraction of sp³-hybridized carbons (Fsp3) is 0.133. The van der Waals surface area contributed by atoms with Gasteiger partial charge < -0.3 is 9.47 Å². The molecule has 0 aliphatic heterocycles. The van der Waals surface area contributed by atoms with Crippen molar-refractivity contribution in [2.75, 3.05) is 6.61 Å². The smallest absolute Gasteiger partial charge is 0.347 e. The molecule has 98 valence electrons. The highest BCUT2D eigenvalue weighted by molar-refractivity contribution is 9.10. The van der Waals surface area contributed by atoms with Gasteiger partial charge in [-0.1, -0.05) is 34.1 Å². The first-order valence-corrected chi connectivity index (χ1v) is 6.69. The van der Waals surface area contributed by atoms with E-state index in [0.29, 0.717) is 23.7 Å². The maximum absolute atomic E-state index is 12.1. The molecule has 3 nitrogen and oxygen atoms in total. The number of hydrogen-bond donors (Lipinski definition) is 0. The van der Waals surface area contributed by atoms with Crippen molar-refractivity contribution in [3.63, 3.8) is 0 Å². The van der Waals surface area contributed by atoms with Gasteiger partial charge in [-0.3, -0.25) is 0 Å². The van der Waals surface area contributed by atoms with Gasteiger partial charge in [0.05, 0.1) is 6.61 Å². The predicted octanol–water partition coefficient (Wildman–Crippen LogP) is 4.07. The molecule has 19 heavy (non-hydrogen) atoms. The number of hydrogen-bond acceptors (Lipinski definition) is 3. The molecule has 0 unspecified atom stereocenters. The monoisotopic (exact) mass is 320 g/mol. The molecular weight excluding hydrogens is 308 g/mol. The van der Waals surface area contributed by atoms with Crippen LogP contribution in [0.4, 0.5) is 0 Å². The number of carbonyl (C=O) groups is 1. The summed E-state index contributed by atoms with van der Waals surface area (Å²) in [7, 11) is 0. The Morgan fingerprint density at radius 1 is 1.16 bits per heavy atom. The minimum Gasteiger partial charge on any atom is -0.493 e. The standard InChI is InChI=1S/C15H13BrO3/c1-2-18-14-9-8-11(16)10-13(14)15(17)19-12-6-4-3-5-7-12/h3-10H,2H2,1H3. The molecule has 0 saturated carbocycles. The Hall–Kier alpha value is -1.81. The van der Waals surface area contributed by atoms with Crippen molar-refractivity contribution in [3.8, 4) is 11.5 Å². The minimum atomic E-state index is -0.434. The maximum Gasteiger partial charge on any atom is 0.347 e. The first kappa shape index (κ1) is 13.6. The van der Waals surface area contributed by atoms with Crippen LogP contribution in [0.25, 0.3) is 0 Å². The van der Waals surface area contributed by atoms with Crippen LogP contribution in [0.2, 0.25) is 0 Å². The highest BCUT2D eigenvalue weighted by Crippen LogP contribution is 2.25. The third-order valence-electron chi connectivity index (χ3n) is 2.42. The van der Waals surface area contributed by atoms with Crippen molar-refractivity contribution in [3.05, 3.63) is 58.6 Å². The average molecular weight is 321 g/mol. The lowest BCUT2D eigenvalue weighted by Crippen LogP contribution is -2.11. The summed E-state index contributed by atoms with van der Waals surface area (Å²) < 4.78 is 11.5. The lowest BCUT2D eigenvalue weighted by atomic mass is 10.2. The van der Waals surface area contributed by atoms with E-state index in [0.717, 1.165) is 4.47 Å². The quantitative estimate of drug-likeness (QED) is 0.629. The van der Waals surface area contributed by atoms with Gasteiger partial charge in [0.1, 0.15) is 17.1 Å². The summed E-state index contributed by atoms with van der Waals surface area (Å²) in [6.07, 6.45) is 0. The number of carbonyl (C=O) groups excluding carboxylic acids is 1. The molecule has 0 aliphatic rings. The summed E-state index contributed by atoms with van der Waals surface area (Å²) in [5, 5.41) is 0. The summed E-state index contributed by atoms with van der Waals surface area (Å²) in [4.78, 5) is 12.1. The van der Waals surface area contributed by atoms with Crippen LogP contribution in [0.1, 0.15) is 17.3 Å². The van der Waals surface area contributed by atoms with Crippen molar-refractivity contribution < 1.29 is 14.3 Å². The van der Waals surface area contributed by atoms with Crippen LogP contribution < -0.4 is 9.47 Å². The number of para-hydroxylation sites is 1. The van der Waals surface area contributed by atoms with Crippen molar-refractivity contribution in [1.82, 2.24) is 0 Å². The highest BCUT2D eigenvalue weighted by Gasteiger charge is 2.15. The van der Waals surface area contributed by atoms with Crippen LogP contribution in [0.5, 0.6) is 11.5 Å². The molecule has 0 fully saturated rings. The summed E-state index contributed by atoms with van der Waals surface area (Å²) in [5.41, 5.74) is 0.403. The molecule has 0 bridgehead atoms. The Balaban J connectivity index is 2.25. The van der Waals surface area contributed by atoms with E-state index in [1.807, 2.05) is 31.2 Å².